The average Bonchev–Trinajstić information content (AvgIpc) is 3.03. The van der Waals surface area contributed by atoms with Crippen molar-refractivity contribution in [3.8, 4) is 12.1 Å². The predicted octanol–water partition coefficient (Wildman–Crippen LogP) is 5.15. The molecule has 1 saturated heterocycles. The number of carbonyl (C=O) groups excluding carboxylic acids is 1. The van der Waals surface area contributed by atoms with Gasteiger partial charge in [0.25, 0.3) is 0 Å². The molecule has 0 amide bonds. The third-order valence-electron chi connectivity index (χ3n) is 6.40. The van der Waals surface area contributed by atoms with Crippen LogP contribution in [0.25, 0.3) is 6.08 Å². The number of aryl methyl sites for hydroxylation is 1. The zero-order valence-corrected chi connectivity index (χ0v) is 18.1. The molecular weight excluding hydrogens is 389 g/mol. The standard InChI is InChI=1S/C26H24FN3O/c1-16-5-11-20-18(13-16)8-12-21-26(14-28,15-29)22(17-6-9-19(27)10-7-17)23(30(20)21)24(31)25(2,3)4/h5-13,21-23H,1-4H3/t21-,22+,23+/m0/s1. The smallest absolute Gasteiger partial charge is 0.176 e. The molecule has 3 atom stereocenters. The summed E-state index contributed by atoms with van der Waals surface area (Å²) in [6.07, 6.45) is 3.79. The van der Waals surface area contributed by atoms with E-state index in [4.69, 9.17) is 0 Å². The maximum absolute atomic E-state index is 13.8. The number of fused-ring (bicyclic) bond motifs is 3. The van der Waals surface area contributed by atoms with Crippen molar-refractivity contribution in [2.45, 2.75) is 45.7 Å². The first-order chi connectivity index (χ1) is 14.6. The second kappa shape index (κ2) is 7.06. The van der Waals surface area contributed by atoms with Crippen molar-refractivity contribution in [3.63, 3.8) is 0 Å². The van der Waals surface area contributed by atoms with Crippen LogP contribution in [-0.4, -0.2) is 17.9 Å². The van der Waals surface area contributed by atoms with E-state index in [1.54, 1.807) is 12.1 Å². The van der Waals surface area contributed by atoms with Gasteiger partial charge < -0.3 is 4.90 Å². The van der Waals surface area contributed by atoms with E-state index in [1.165, 1.54) is 12.1 Å². The zero-order chi connectivity index (χ0) is 22.6. The molecule has 5 heteroatoms. The minimum Gasteiger partial charge on any atom is -0.351 e. The summed E-state index contributed by atoms with van der Waals surface area (Å²) in [7, 11) is 0. The van der Waals surface area contributed by atoms with Crippen molar-refractivity contribution in [1.82, 2.24) is 0 Å². The summed E-state index contributed by atoms with van der Waals surface area (Å²) in [6.45, 7) is 7.54. The number of Topliss-reactive ketones (excluding diaryl/α,β-unsaturated/α-hetero) is 1. The van der Waals surface area contributed by atoms with Crippen LogP contribution < -0.4 is 4.90 Å². The number of nitrogens with zero attached hydrogens (tertiary/aromatic N) is 3. The second-order valence-electron chi connectivity index (χ2n) is 9.45. The van der Waals surface area contributed by atoms with Gasteiger partial charge in [-0.3, -0.25) is 4.79 Å². The monoisotopic (exact) mass is 413 g/mol. The summed E-state index contributed by atoms with van der Waals surface area (Å²) in [6, 6.07) is 15.0. The van der Waals surface area contributed by atoms with Crippen LogP contribution in [0.15, 0.2) is 48.5 Å². The van der Waals surface area contributed by atoms with Gasteiger partial charge in [-0.25, -0.2) is 4.39 Å². The van der Waals surface area contributed by atoms with Crippen molar-refractivity contribution < 1.29 is 9.18 Å². The van der Waals surface area contributed by atoms with Crippen LogP contribution in [0.5, 0.6) is 0 Å². The van der Waals surface area contributed by atoms with Crippen molar-refractivity contribution in [2.75, 3.05) is 4.90 Å². The largest absolute Gasteiger partial charge is 0.351 e. The van der Waals surface area contributed by atoms with Gasteiger partial charge in [-0.05, 0) is 42.3 Å². The maximum Gasteiger partial charge on any atom is 0.176 e. The predicted molar refractivity (Wildman–Crippen MR) is 118 cm³/mol. The van der Waals surface area contributed by atoms with Crippen molar-refractivity contribution in [1.29, 1.82) is 10.5 Å². The van der Waals surface area contributed by atoms with Crippen LogP contribution in [0, 0.1) is 46.2 Å². The number of hydrogen-bond donors (Lipinski definition) is 0. The lowest BCUT2D eigenvalue weighted by molar-refractivity contribution is -0.127. The molecule has 2 heterocycles. The normalized spacial score (nSPS) is 23.5. The molecule has 4 nitrogen and oxygen atoms in total. The Bertz CT molecular complexity index is 1150. The number of carbonyl (C=O) groups is 1. The Hall–Kier alpha value is -3.44. The first-order valence-electron chi connectivity index (χ1n) is 10.3. The van der Waals surface area contributed by atoms with Crippen LogP contribution in [0.1, 0.15) is 43.4 Å². The van der Waals surface area contributed by atoms with Crippen LogP contribution in [-0.2, 0) is 4.79 Å². The minimum absolute atomic E-state index is 0.0546. The van der Waals surface area contributed by atoms with Crippen molar-refractivity contribution >= 4 is 17.5 Å². The van der Waals surface area contributed by atoms with E-state index >= 15 is 0 Å². The summed E-state index contributed by atoms with van der Waals surface area (Å²) < 4.78 is 13.7. The van der Waals surface area contributed by atoms with Crippen molar-refractivity contribution in [2.24, 2.45) is 10.8 Å². The Balaban J connectivity index is 2.03. The molecule has 0 unspecified atom stereocenters. The Kier molecular flexibility index (Phi) is 4.74. The Morgan fingerprint density at radius 1 is 1.10 bits per heavy atom. The molecule has 0 saturated carbocycles. The highest BCUT2D eigenvalue weighted by atomic mass is 19.1. The van der Waals surface area contributed by atoms with E-state index in [1.807, 2.05) is 62.9 Å². The van der Waals surface area contributed by atoms with Crippen LogP contribution >= 0.6 is 0 Å². The van der Waals surface area contributed by atoms with E-state index in [2.05, 4.69) is 12.1 Å². The first kappa shape index (κ1) is 20.8. The molecule has 2 aliphatic rings. The molecule has 31 heavy (non-hydrogen) atoms. The summed E-state index contributed by atoms with van der Waals surface area (Å²) in [4.78, 5) is 15.8. The van der Waals surface area contributed by atoms with Gasteiger partial charge in [0.05, 0.1) is 24.2 Å². The van der Waals surface area contributed by atoms with Gasteiger partial charge in [0.2, 0.25) is 0 Å². The topological polar surface area (TPSA) is 67.9 Å². The number of anilines is 1. The van der Waals surface area contributed by atoms with Crippen LogP contribution in [0.4, 0.5) is 10.1 Å². The Labute approximate surface area is 182 Å². The second-order valence-corrected chi connectivity index (χ2v) is 9.45. The van der Waals surface area contributed by atoms with Gasteiger partial charge in [0.15, 0.2) is 11.2 Å². The fourth-order valence-electron chi connectivity index (χ4n) is 4.90. The number of halogens is 1. The summed E-state index contributed by atoms with van der Waals surface area (Å²) in [5.74, 6) is -1.18. The summed E-state index contributed by atoms with van der Waals surface area (Å²) >= 11 is 0. The van der Waals surface area contributed by atoms with E-state index in [0.717, 1.165) is 16.8 Å². The molecule has 0 N–H and O–H groups in total. The number of hydrogen-bond acceptors (Lipinski definition) is 4. The van der Waals surface area contributed by atoms with Crippen LogP contribution in [0.3, 0.4) is 0 Å². The van der Waals surface area contributed by atoms with Gasteiger partial charge in [-0.2, -0.15) is 10.5 Å². The third-order valence-corrected chi connectivity index (χ3v) is 6.40. The number of benzene rings is 2. The minimum atomic E-state index is -1.50. The molecule has 2 aromatic carbocycles. The molecule has 0 aliphatic carbocycles. The highest BCUT2D eigenvalue weighted by molar-refractivity contribution is 5.96. The van der Waals surface area contributed by atoms with Gasteiger partial charge in [0, 0.05) is 17.0 Å². The molecule has 4 rings (SSSR count). The molecule has 0 radical (unpaired) electrons. The number of ketones is 1. The van der Waals surface area contributed by atoms with Crippen molar-refractivity contribution in [3.05, 3.63) is 71.0 Å². The molecule has 0 aromatic heterocycles. The summed E-state index contributed by atoms with van der Waals surface area (Å²) in [5, 5.41) is 20.6. The molecule has 0 bridgehead atoms. The van der Waals surface area contributed by atoms with E-state index in [9.17, 15) is 19.7 Å². The lowest BCUT2D eigenvalue weighted by Gasteiger charge is -2.37. The highest BCUT2D eigenvalue weighted by Crippen LogP contribution is 2.56. The molecule has 0 spiro atoms. The van der Waals surface area contributed by atoms with E-state index < -0.39 is 34.6 Å². The SMILES string of the molecule is Cc1ccc2c(c1)C=C[C@@H]1N2[C@@H](C(=O)C(C)(C)C)[C@@H](c2ccc(F)cc2)C1(C#N)C#N. The van der Waals surface area contributed by atoms with Gasteiger partial charge in [-0.1, -0.05) is 56.7 Å². The van der Waals surface area contributed by atoms with Crippen LogP contribution in [0.2, 0.25) is 0 Å². The summed E-state index contributed by atoms with van der Waals surface area (Å²) in [5.41, 5.74) is 1.29. The zero-order valence-electron chi connectivity index (χ0n) is 18.1. The molecule has 2 aliphatic heterocycles. The van der Waals surface area contributed by atoms with E-state index in [0.29, 0.717) is 5.56 Å². The first-order valence-corrected chi connectivity index (χ1v) is 10.3. The fraction of sp³-hybridized carbons (Fsp3) is 0.346. The Morgan fingerprint density at radius 2 is 1.74 bits per heavy atom. The molecule has 2 aromatic rings. The maximum atomic E-state index is 13.8. The quantitative estimate of drug-likeness (QED) is 0.683. The van der Waals surface area contributed by atoms with Gasteiger partial charge >= 0.3 is 0 Å². The molecular formula is C26H24FN3O. The molecule has 1 fully saturated rings. The number of rotatable bonds is 2. The lowest BCUT2D eigenvalue weighted by atomic mass is 9.68. The number of nitriles is 2. The Morgan fingerprint density at radius 3 is 2.32 bits per heavy atom. The third kappa shape index (κ3) is 3.04. The fourth-order valence-corrected chi connectivity index (χ4v) is 4.90. The highest BCUT2D eigenvalue weighted by Gasteiger charge is 2.64. The lowest BCUT2D eigenvalue weighted by Crippen LogP contribution is -2.47. The average molecular weight is 413 g/mol. The van der Waals surface area contributed by atoms with Gasteiger partial charge in [-0.15, -0.1) is 0 Å². The molecule has 156 valence electrons. The van der Waals surface area contributed by atoms with E-state index in [-0.39, 0.29) is 5.78 Å². The van der Waals surface area contributed by atoms with Gasteiger partial charge in [0.1, 0.15) is 5.82 Å².